The van der Waals surface area contributed by atoms with Crippen molar-refractivity contribution in [2.75, 3.05) is 17.2 Å². The number of carbonyl (C=O) groups excluding carboxylic acids is 2. The molecule has 162 valence electrons. The Morgan fingerprint density at radius 3 is 2.55 bits per heavy atom. The van der Waals surface area contributed by atoms with Gasteiger partial charge < -0.3 is 20.5 Å². The molecular weight excluding hydrogens is 420 g/mol. The molecule has 0 aliphatic carbocycles. The number of aliphatic hydroxyl groups excluding tert-OH is 1. The molecular formula is C25H18N4O4. The Balaban J connectivity index is 1.51. The zero-order valence-electron chi connectivity index (χ0n) is 17.3. The molecule has 4 rings (SSSR count). The number of benzene rings is 2. The molecule has 8 nitrogen and oxygen atoms in total. The topological polar surface area (TPSA) is 113 Å². The highest BCUT2D eigenvalue weighted by molar-refractivity contribution is 6.05. The van der Waals surface area contributed by atoms with Crippen LogP contribution in [0.15, 0.2) is 79.1 Å². The van der Waals surface area contributed by atoms with Gasteiger partial charge in [0.2, 0.25) is 0 Å². The predicted octanol–water partition coefficient (Wildman–Crippen LogP) is 3.61. The van der Waals surface area contributed by atoms with Crippen molar-refractivity contribution in [2.24, 2.45) is 0 Å². The summed E-state index contributed by atoms with van der Waals surface area (Å²) in [6, 6.07) is 18.8. The van der Waals surface area contributed by atoms with Crippen molar-refractivity contribution in [2.45, 2.75) is 0 Å². The number of aromatic nitrogens is 2. The number of carbonyl (C=O) groups is 2. The Labute approximate surface area is 189 Å². The minimum atomic E-state index is -0.533. The van der Waals surface area contributed by atoms with Crippen LogP contribution in [0.25, 0.3) is 10.9 Å². The van der Waals surface area contributed by atoms with E-state index in [4.69, 9.17) is 9.84 Å². The Morgan fingerprint density at radius 2 is 1.79 bits per heavy atom. The number of ether oxygens (including phenoxy) is 1. The zero-order valence-corrected chi connectivity index (χ0v) is 17.3. The van der Waals surface area contributed by atoms with E-state index in [1.54, 1.807) is 79.1 Å². The van der Waals surface area contributed by atoms with Crippen LogP contribution in [0.1, 0.15) is 10.4 Å². The van der Waals surface area contributed by atoms with Crippen molar-refractivity contribution in [3.05, 3.63) is 84.7 Å². The van der Waals surface area contributed by atoms with Crippen LogP contribution in [0, 0.1) is 11.8 Å². The highest BCUT2D eigenvalue weighted by atomic mass is 16.5. The van der Waals surface area contributed by atoms with Gasteiger partial charge in [0, 0.05) is 29.0 Å². The number of amides is 2. The van der Waals surface area contributed by atoms with Crippen LogP contribution in [0.5, 0.6) is 11.5 Å². The first-order valence-electron chi connectivity index (χ1n) is 9.92. The Bertz CT molecular complexity index is 1360. The van der Waals surface area contributed by atoms with Gasteiger partial charge >= 0.3 is 0 Å². The number of nitrogens with zero attached hydrogens (tertiary/aromatic N) is 2. The second kappa shape index (κ2) is 10.0. The van der Waals surface area contributed by atoms with E-state index in [1.807, 2.05) is 0 Å². The van der Waals surface area contributed by atoms with E-state index in [0.29, 0.717) is 39.5 Å². The van der Waals surface area contributed by atoms with E-state index in [2.05, 4.69) is 32.4 Å². The minimum Gasteiger partial charge on any atom is -0.457 e. The van der Waals surface area contributed by atoms with E-state index in [-0.39, 0.29) is 5.91 Å². The maximum absolute atomic E-state index is 12.4. The second-order valence-corrected chi connectivity index (χ2v) is 6.75. The molecule has 0 fully saturated rings. The summed E-state index contributed by atoms with van der Waals surface area (Å²) in [6.45, 7) is -0.392. The highest BCUT2D eigenvalue weighted by Crippen LogP contribution is 2.30. The third kappa shape index (κ3) is 5.50. The monoisotopic (exact) mass is 438 g/mol. The van der Waals surface area contributed by atoms with Crippen LogP contribution in [-0.4, -0.2) is 33.5 Å². The van der Waals surface area contributed by atoms with E-state index in [9.17, 15) is 9.59 Å². The molecule has 3 N–H and O–H groups in total. The number of nitrogens with one attached hydrogen (secondary N) is 2. The molecule has 0 aliphatic rings. The molecule has 0 radical (unpaired) electrons. The van der Waals surface area contributed by atoms with Gasteiger partial charge in [-0.2, -0.15) is 0 Å². The summed E-state index contributed by atoms with van der Waals surface area (Å²) in [5, 5.41) is 14.8. The fourth-order valence-corrected chi connectivity index (χ4v) is 3.00. The van der Waals surface area contributed by atoms with Gasteiger partial charge in [-0.05, 0) is 66.6 Å². The Hall–Kier alpha value is -4.74. The lowest BCUT2D eigenvalue weighted by atomic mass is 10.1. The summed E-state index contributed by atoms with van der Waals surface area (Å²) < 4.78 is 6.01. The molecule has 0 aliphatic heterocycles. The minimum absolute atomic E-state index is 0.278. The third-order valence-electron chi connectivity index (χ3n) is 4.49. The molecule has 0 unspecified atom stereocenters. The molecule has 8 heteroatoms. The summed E-state index contributed by atoms with van der Waals surface area (Å²) in [7, 11) is 0. The van der Waals surface area contributed by atoms with E-state index in [1.165, 1.54) is 0 Å². The van der Waals surface area contributed by atoms with Gasteiger partial charge in [0.05, 0.1) is 5.52 Å². The molecule has 0 atom stereocenters. The van der Waals surface area contributed by atoms with Gasteiger partial charge in [-0.15, -0.1) is 0 Å². The predicted molar refractivity (Wildman–Crippen MR) is 124 cm³/mol. The molecule has 0 saturated carbocycles. The molecule has 33 heavy (non-hydrogen) atoms. The smallest absolute Gasteiger partial charge is 0.300 e. The second-order valence-electron chi connectivity index (χ2n) is 6.75. The van der Waals surface area contributed by atoms with E-state index < -0.39 is 12.5 Å². The van der Waals surface area contributed by atoms with Gasteiger partial charge in [0.1, 0.15) is 23.9 Å². The third-order valence-corrected chi connectivity index (χ3v) is 4.49. The number of hydrogen-bond acceptors (Lipinski definition) is 6. The normalized spacial score (nSPS) is 10.1. The number of pyridine rings is 2. The lowest BCUT2D eigenvalue weighted by molar-refractivity contribution is -0.111. The van der Waals surface area contributed by atoms with Crippen LogP contribution >= 0.6 is 0 Å². The van der Waals surface area contributed by atoms with Crippen LogP contribution in [0.3, 0.4) is 0 Å². The average molecular weight is 438 g/mol. The number of hydrogen-bond donors (Lipinski definition) is 3. The maximum Gasteiger partial charge on any atom is 0.300 e. The molecule has 2 aromatic carbocycles. The molecule has 0 spiro atoms. The van der Waals surface area contributed by atoms with Crippen molar-refractivity contribution in [1.29, 1.82) is 0 Å². The largest absolute Gasteiger partial charge is 0.457 e. The summed E-state index contributed by atoms with van der Waals surface area (Å²) in [4.78, 5) is 32.6. The average Bonchev–Trinajstić information content (AvgIpc) is 2.84. The quantitative estimate of drug-likeness (QED) is 0.410. The van der Waals surface area contributed by atoms with Gasteiger partial charge in [-0.3, -0.25) is 14.6 Å². The molecule has 2 amide bonds. The Kier molecular flexibility index (Phi) is 6.54. The fraction of sp³-hybridized carbons (Fsp3) is 0.0400. The van der Waals surface area contributed by atoms with Gasteiger partial charge in [0.25, 0.3) is 11.8 Å². The maximum atomic E-state index is 12.4. The van der Waals surface area contributed by atoms with Crippen molar-refractivity contribution in [1.82, 2.24) is 9.97 Å². The van der Waals surface area contributed by atoms with Gasteiger partial charge in [-0.1, -0.05) is 12.0 Å². The van der Waals surface area contributed by atoms with Crippen molar-refractivity contribution >= 4 is 34.2 Å². The lowest BCUT2D eigenvalue weighted by Crippen LogP contribution is -2.12. The molecule has 0 bridgehead atoms. The van der Waals surface area contributed by atoms with Crippen LogP contribution < -0.4 is 15.4 Å². The van der Waals surface area contributed by atoms with Crippen molar-refractivity contribution < 1.29 is 19.4 Å². The van der Waals surface area contributed by atoms with E-state index in [0.717, 1.165) is 0 Å². The Morgan fingerprint density at radius 1 is 0.939 bits per heavy atom. The van der Waals surface area contributed by atoms with Gasteiger partial charge in [-0.25, -0.2) is 4.98 Å². The summed E-state index contributed by atoms with van der Waals surface area (Å²) in [5.74, 6) is 5.30. The highest BCUT2D eigenvalue weighted by Gasteiger charge is 2.10. The number of fused-ring (bicyclic) bond motifs is 1. The van der Waals surface area contributed by atoms with Crippen molar-refractivity contribution in [3.63, 3.8) is 0 Å². The van der Waals surface area contributed by atoms with Crippen molar-refractivity contribution in [3.8, 4) is 23.3 Å². The lowest BCUT2D eigenvalue weighted by Gasteiger charge is -2.11. The molecule has 0 saturated heterocycles. The zero-order chi connectivity index (χ0) is 23.0. The standard InChI is InChI=1S/C25H18N4O4/c30-15-3-5-24(31)28-18-8-11-21-20(16-18)22(12-14-26-21)33-19-9-6-17(7-10-19)25(32)29-23-4-1-2-13-27-23/h1-2,4,6-14,16,30H,15H2,(H,28,31)(H,27,29,32). The first-order chi connectivity index (χ1) is 16.1. The number of rotatable bonds is 5. The summed E-state index contributed by atoms with van der Waals surface area (Å²) in [5.41, 5.74) is 1.65. The molecule has 2 aromatic heterocycles. The van der Waals surface area contributed by atoms with E-state index >= 15 is 0 Å². The number of anilines is 2. The summed E-state index contributed by atoms with van der Waals surface area (Å²) in [6.07, 6.45) is 3.22. The first-order valence-corrected chi connectivity index (χ1v) is 9.92. The molecule has 2 heterocycles. The fourth-order valence-electron chi connectivity index (χ4n) is 3.00. The van der Waals surface area contributed by atoms with Gasteiger partial charge in [0.15, 0.2) is 0 Å². The SMILES string of the molecule is O=C(C#CCO)Nc1ccc2nccc(Oc3ccc(C(=O)Nc4ccccn4)cc3)c2c1. The van der Waals surface area contributed by atoms with Crippen LogP contribution in [0.4, 0.5) is 11.5 Å². The first kappa shape index (κ1) is 21.5. The molecule has 4 aromatic rings. The van der Waals surface area contributed by atoms with Crippen LogP contribution in [-0.2, 0) is 4.79 Å². The number of aliphatic hydroxyl groups is 1. The summed E-state index contributed by atoms with van der Waals surface area (Å²) >= 11 is 0. The van der Waals surface area contributed by atoms with Crippen LogP contribution in [0.2, 0.25) is 0 Å².